The zero-order chi connectivity index (χ0) is 23.5. The van der Waals surface area contributed by atoms with Gasteiger partial charge in [0.05, 0.1) is 17.2 Å². The zero-order valence-electron chi connectivity index (χ0n) is 20.8. The standard InChI is InChI=1S/C29H34BNO2/c1-19-8-12-21(13-9-19)26-24-17-16-23(30-32-28(3,4)29(5,6)33-30)18-25(24)31(7)27(26)22-14-10-20(2)11-15-22/h8-18,26-27H,1-7H3. The topological polar surface area (TPSA) is 21.7 Å². The Morgan fingerprint density at radius 3 is 1.79 bits per heavy atom. The molecule has 0 N–H and O–H groups in total. The molecular formula is C29H34BNO2. The predicted molar refractivity (Wildman–Crippen MR) is 138 cm³/mol. The molecule has 3 aromatic rings. The van der Waals surface area contributed by atoms with Gasteiger partial charge in [-0.05, 0) is 69.8 Å². The van der Waals surface area contributed by atoms with Crippen LogP contribution in [0.2, 0.25) is 0 Å². The van der Waals surface area contributed by atoms with Crippen LogP contribution in [0.3, 0.4) is 0 Å². The number of fused-ring (bicyclic) bond motifs is 1. The number of aryl methyl sites for hydroxylation is 2. The molecule has 0 aliphatic carbocycles. The average molecular weight is 439 g/mol. The highest BCUT2D eigenvalue weighted by Gasteiger charge is 2.52. The lowest BCUT2D eigenvalue weighted by molar-refractivity contribution is 0.00578. The molecule has 2 aliphatic rings. The van der Waals surface area contributed by atoms with E-state index in [9.17, 15) is 0 Å². The van der Waals surface area contributed by atoms with E-state index in [1.807, 2.05) is 0 Å². The lowest BCUT2D eigenvalue weighted by atomic mass is 9.77. The van der Waals surface area contributed by atoms with Crippen LogP contribution < -0.4 is 10.4 Å². The van der Waals surface area contributed by atoms with E-state index >= 15 is 0 Å². The van der Waals surface area contributed by atoms with Gasteiger partial charge >= 0.3 is 7.12 Å². The van der Waals surface area contributed by atoms with Gasteiger partial charge in [-0.2, -0.15) is 0 Å². The minimum Gasteiger partial charge on any atom is -0.399 e. The second-order valence-corrected chi connectivity index (χ2v) is 10.8. The van der Waals surface area contributed by atoms with Crippen molar-refractivity contribution in [3.05, 3.63) is 94.5 Å². The second-order valence-electron chi connectivity index (χ2n) is 10.8. The van der Waals surface area contributed by atoms with Crippen molar-refractivity contribution >= 4 is 18.3 Å². The van der Waals surface area contributed by atoms with Crippen molar-refractivity contribution in [3.63, 3.8) is 0 Å². The molecule has 2 atom stereocenters. The quantitative estimate of drug-likeness (QED) is 0.473. The third-order valence-electron chi connectivity index (χ3n) is 7.88. The first-order valence-corrected chi connectivity index (χ1v) is 11.9. The Hall–Kier alpha value is -2.56. The Labute approximate surface area is 198 Å². The number of rotatable bonds is 3. The molecule has 2 unspecified atom stereocenters. The molecule has 2 aliphatic heterocycles. The van der Waals surface area contributed by atoms with Crippen molar-refractivity contribution < 1.29 is 9.31 Å². The lowest BCUT2D eigenvalue weighted by Gasteiger charge is -2.32. The predicted octanol–water partition coefficient (Wildman–Crippen LogP) is 5.93. The number of hydrogen-bond acceptors (Lipinski definition) is 3. The fourth-order valence-corrected chi connectivity index (χ4v) is 5.11. The molecular weight excluding hydrogens is 405 g/mol. The summed E-state index contributed by atoms with van der Waals surface area (Å²) in [4.78, 5) is 2.43. The summed E-state index contributed by atoms with van der Waals surface area (Å²) in [6.07, 6.45) is 0. The molecule has 1 fully saturated rings. The van der Waals surface area contributed by atoms with Gasteiger partial charge in [0.1, 0.15) is 0 Å². The fourth-order valence-electron chi connectivity index (χ4n) is 5.11. The lowest BCUT2D eigenvalue weighted by Crippen LogP contribution is -2.41. The first-order chi connectivity index (χ1) is 15.6. The van der Waals surface area contributed by atoms with Crippen LogP contribution in [0.25, 0.3) is 0 Å². The molecule has 0 saturated carbocycles. The highest BCUT2D eigenvalue weighted by atomic mass is 16.7. The smallest absolute Gasteiger partial charge is 0.399 e. The maximum atomic E-state index is 6.35. The van der Waals surface area contributed by atoms with Crippen LogP contribution in [0.15, 0.2) is 66.7 Å². The number of nitrogens with zero attached hydrogens (tertiary/aromatic N) is 1. The molecule has 0 amide bonds. The van der Waals surface area contributed by atoms with Crippen LogP contribution in [0.5, 0.6) is 0 Å². The Balaban J connectivity index is 1.59. The number of hydrogen-bond donors (Lipinski definition) is 0. The number of anilines is 1. The summed E-state index contributed by atoms with van der Waals surface area (Å²) >= 11 is 0. The van der Waals surface area contributed by atoms with Crippen LogP contribution in [0.1, 0.15) is 67.5 Å². The highest BCUT2D eigenvalue weighted by molar-refractivity contribution is 6.62. The molecule has 3 aromatic carbocycles. The first-order valence-electron chi connectivity index (χ1n) is 11.9. The summed E-state index contributed by atoms with van der Waals surface area (Å²) in [6, 6.07) is 25.0. The van der Waals surface area contributed by atoms with Crippen LogP contribution >= 0.6 is 0 Å². The van der Waals surface area contributed by atoms with Gasteiger partial charge < -0.3 is 14.2 Å². The summed E-state index contributed by atoms with van der Waals surface area (Å²) in [7, 11) is 1.86. The Morgan fingerprint density at radius 2 is 1.24 bits per heavy atom. The largest absolute Gasteiger partial charge is 0.494 e. The van der Waals surface area contributed by atoms with E-state index in [0.717, 1.165) is 5.46 Å². The van der Waals surface area contributed by atoms with Crippen LogP contribution in [-0.2, 0) is 9.31 Å². The average Bonchev–Trinajstić information content (AvgIpc) is 3.18. The normalized spacial score (nSPS) is 23.1. The summed E-state index contributed by atoms with van der Waals surface area (Å²) in [5.74, 6) is 0.264. The number of benzene rings is 3. The van der Waals surface area contributed by atoms with Crippen LogP contribution in [-0.4, -0.2) is 25.4 Å². The molecule has 170 valence electrons. The monoisotopic (exact) mass is 439 g/mol. The van der Waals surface area contributed by atoms with Gasteiger partial charge in [0.25, 0.3) is 0 Å². The molecule has 0 aromatic heterocycles. The molecule has 5 rings (SSSR count). The van der Waals surface area contributed by atoms with E-state index in [2.05, 4.69) is 120 Å². The van der Waals surface area contributed by atoms with E-state index in [4.69, 9.17) is 9.31 Å². The van der Waals surface area contributed by atoms with Crippen molar-refractivity contribution in [1.82, 2.24) is 0 Å². The minimum absolute atomic E-state index is 0.233. The Kier molecular flexibility index (Phi) is 5.22. The van der Waals surface area contributed by atoms with E-state index in [1.54, 1.807) is 0 Å². The van der Waals surface area contributed by atoms with Gasteiger partial charge in [-0.15, -0.1) is 0 Å². The van der Waals surface area contributed by atoms with Gasteiger partial charge in [0.2, 0.25) is 0 Å². The minimum atomic E-state index is -0.357. The molecule has 0 bridgehead atoms. The summed E-state index contributed by atoms with van der Waals surface area (Å²) < 4.78 is 12.7. The molecule has 1 saturated heterocycles. The molecule has 4 heteroatoms. The van der Waals surface area contributed by atoms with Crippen molar-refractivity contribution in [2.24, 2.45) is 0 Å². The van der Waals surface area contributed by atoms with E-state index in [-0.39, 0.29) is 30.3 Å². The van der Waals surface area contributed by atoms with Crippen molar-refractivity contribution in [3.8, 4) is 0 Å². The zero-order valence-corrected chi connectivity index (χ0v) is 20.8. The van der Waals surface area contributed by atoms with E-state index < -0.39 is 0 Å². The van der Waals surface area contributed by atoms with Gasteiger partial charge in [-0.25, -0.2) is 0 Å². The van der Waals surface area contributed by atoms with Crippen LogP contribution in [0, 0.1) is 13.8 Å². The Bertz CT molecular complexity index is 1150. The van der Waals surface area contributed by atoms with Crippen molar-refractivity contribution in [1.29, 1.82) is 0 Å². The summed E-state index contributed by atoms with van der Waals surface area (Å²) in [5.41, 5.74) is 8.23. The third kappa shape index (κ3) is 3.70. The van der Waals surface area contributed by atoms with Gasteiger partial charge in [-0.1, -0.05) is 71.8 Å². The van der Waals surface area contributed by atoms with E-state index in [1.165, 1.54) is 33.5 Å². The van der Waals surface area contributed by atoms with Gasteiger partial charge in [-0.3, -0.25) is 0 Å². The summed E-state index contributed by atoms with van der Waals surface area (Å²) in [5, 5.41) is 0. The molecule has 33 heavy (non-hydrogen) atoms. The maximum absolute atomic E-state index is 6.35. The fraction of sp³-hybridized carbons (Fsp3) is 0.379. The van der Waals surface area contributed by atoms with E-state index in [0.29, 0.717) is 0 Å². The van der Waals surface area contributed by atoms with Gasteiger partial charge in [0.15, 0.2) is 0 Å². The highest BCUT2D eigenvalue weighted by Crippen LogP contribution is 2.51. The molecule has 0 radical (unpaired) electrons. The molecule has 3 nitrogen and oxygen atoms in total. The summed E-state index contributed by atoms with van der Waals surface area (Å²) in [6.45, 7) is 12.7. The van der Waals surface area contributed by atoms with Gasteiger partial charge in [0, 0.05) is 18.7 Å². The van der Waals surface area contributed by atoms with Crippen LogP contribution in [0.4, 0.5) is 5.69 Å². The molecule has 2 heterocycles. The first kappa shape index (κ1) is 22.2. The third-order valence-corrected chi connectivity index (χ3v) is 7.88. The second kappa shape index (κ2) is 7.75. The van der Waals surface area contributed by atoms with Crippen molar-refractivity contribution in [2.45, 2.75) is 64.7 Å². The van der Waals surface area contributed by atoms with Crippen molar-refractivity contribution in [2.75, 3.05) is 11.9 Å². The molecule has 0 spiro atoms. The maximum Gasteiger partial charge on any atom is 0.494 e. The Morgan fingerprint density at radius 1 is 0.727 bits per heavy atom. The number of likely N-dealkylation sites (N-methyl/N-ethyl adjacent to an activating group) is 1. The SMILES string of the molecule is Cc1ccc(C2c3ccc(B4OC(C)(C)C(C)(C)O4)cc3N(C)C2c2ccc(C)cc2)cc1.